The van der Waals surface area contributed by atoms with E-state index in [-0.39, 0.29) is 11.5 Å². The predicted molar refractivity (Wildman–Crippen MR) is 112 cm³/mol. The van der Waals surface area contributed by atoms with E-state index in [0.29, 0.717) is 17.3 Å². The number of nitrogens with zero attached hydrogens (tertiary/aromatic N) is 3. The minimum Gasteiger partial charge on any atom is -0.291 e. The molecule has 144 valence electrons. The molecule has 1 N–H and O–H groups in total. The summed E-state index contributed by atoms with van der Waals surface area (Å²) in [7, 11) is 0. The van der Waals surface area contributed by atoms with Crippen molar-refractivity contribution in [1.29, 1.82) is 0 Å². The Kier molecular flexibility index (Phi) is 5.32. The van der Waals surface area contributed by atoms with Crippen LogP contribution < -0.4 is 15.1 Å². The van der Waals surface area contributed by atoms with Crippen molar-refractivity contribution in [3.05, 3.63) is 57.0 Å². The number of hydrogen-bond acceptors (Lipinski definition) is 5. The number of thioether (sulfide) groups is 1. The van der Waals surface area contributed by atoms with Crippen LogP contribution in [-0.2, 0) is 4.79 Å². The molecule has 3 aromatic rings. The summed E-state index contributed by atoms with van der Waals surface area (Å²) in [6.07, 6.45) is 0.722. The molecular weight excluding hydrogens is 392 g/mol. The molecule has 8 heteroatoms. The number of para-hydroxylation sites is 1. The fourth-order valence-electron chi connectivity index (χ4n) is 3.47. The van der Waals surface area contributed by atoms with Crippen LogP contribution in [0.4, 0.5) is 5.69 Å². The summed E-state index contributed by atoms with van der Waals surface area (Å²) in [5, 5.41) is 7.26. The van der Waals surface area contributed by atoms with E-state index in [0.717, 1.165) is 28.3 Å². The molecule has 0 aliphatic carbocycles. The second-order valence-corrected chi connectivity index (χ2v) is 8.64. The Morgan fingerprint density at radius 1 is 1.29 bits per heavy atom. The van der Waals surface area contributed by atoms with E-state index < -0.39 is 6.17 Å². The second kappa shape index (κ2) is 7.89. The van der Waals surface area contributed by atoms with Gasteiger partial charge in [0.2, 0.25) is 11.1 Å². The zero-order chi connectivity index (χ0) is 19.7. The van der Waals surface area contributed by atoms with Crippen molar-refractivity contribution in [3.63, 3.8) is 0 Å². The van der Waals surface area contributed by atoms with E-state index in [4.69, 9.17) is 5.10 Å². The third kappa shape index (κ3) is 3.16. The number of amides is 1. The molecule has 0 radical (unpaired) electrons. The van der Waals surface area contributed by atoms with E-state index in [1.165, 1.54) is 11.8 Å². The highest BCUT2D eigenvalue weighted by Crippen LogP contribution is 2.38. The number of carbonyl (C=O) groups is 1. The summed E-state index contributed by atoms with van der Waals surface area (Å²) >= 11 is 3.03. The maximum absolute atomic E-state index is 13.2. The van der Waals surface area contributed by atoms with E-state index >= 15 is 0 Å². The molecule has 6 nitrogen and oxygen atoms in total. The van der Waals surface area contributed by atoms with Gasteiger partial charge in [0.25, 0.3) is 0 Å². The van der Waals surface area contributed by atoms with Crippen molar-refractivity contribution >= 4 is 34.7 Å². The molecule has 0 spiro atoms. The summed E-state index contributed by atoms with van der Waals surface area (Å²) in [6.45, 7) is 4.01. The van der Waals surface area contributed by atoms with Gasteiger partial charge in [-0.1, -0.05) is 43.8 Å². The third-order valence-electron chi connectivity index (χ3n) is 4.57. The second-order valence-electron chi connectivity index (χ2n) is 6.41. The maximum Gasteiger partial charge on any atom is 0.325 e. The molecule has 28 heavy (non-hydrogen) atoms. The Bertz CT molecular complexity index is 1060. The Labute approximate surface area is 171 Å². The van der Waals surface area contributed by atoms with E-state index in [1.807, 2.05) is 55.6 Å². The number of aromatic amines is 1. The van der Waals surface area contributed by atoms with Gasteiger partial charge in [-0.05, 0) is 40.4 Å². The molecule has 1 aromatic carbocycles. The molecule has 1 unspecified atom stereocenters. The minimum atomic E-state index is -0.470. The first-order chi connectivity index (χ1) is 13.7. The van der Waals surface area contributed by atoms with Gasteiger partial charge in [0.05, 0.1) is 16.1 Å². The number of thiophene rings is 1. The highest BCUT2D eigenvalue weighted by Gasteiger charge is 2.45. The van der Waals surface area contributed by atoms with Gasteiger partial charge >= 0.3 is 17.4 Å². The number of fused-ring (bicyclic) bond motifs is 3. The first-order valence-electron chi connectivity index (χ1n) is 9.29. The summed E-state index contributed by atoms with van der Waals surface area (Å²) in [5.41, 5.74) is 1.77. The number of H-pyrrole nitrogens is 1. The largest absolute Gasteiger partial charge is 0.325 e. The zero-order valence-corrected chi connectivity index (χ0v) is 17.3. The lowest BCUT2D eigenvalue weighted by Gasteiger charge is -2.31. The number of rotatable bonds is 5. The van der Waals surface area contributed by atoms with Crippen LogP contribution in [0, 0.1) is 0 Å². The zero-order valence-electron chi connectivity index (χ0n) is 15.7. The van der Waals surface area contributed by atoms with Crippen molar-refractivity contribution in [2.75, 3.05) is 10.7 Å². The van der Waals surface area contributed by atoms with E-state index in [9.17, 15) is 9.59 Å². The number of carbonyl (C=O) groups excluding carboxylic acids is 1. The first kappa shape index (κ1) is 18.9. The average molecular weight is 414 g/mol. The lowest BCUT2D eigenvalue weighted by molar-refractivity contribution is -0.762. The van der Waals surface area contributed by atoms with Crippen molar-refractivity contribution in [2.24, 2.45) is 0 Å². The molecule has 1 amide bonds. The highest BCUT2D eigenvalue weighted by molar-refractivity contribution is 7.99. The monoisotopic (exact) mass is 413 g/mol. The summed E-state index contributed by atoms with van der Waals surface area (Å²) in [4.78, 5) is 31.8. The molecule has 1 atom stereocenters. The molecule has 0 saturated carbocycles. The van der Waals surface area contributed by atoms with Crippen LogP contribution in [0.1, 0.15) is 37.7 Å². The molecule has 0 fully saturated rings. The highest BCUT2D eigenvalue weighted by atomic mass is 32.2. The standard InChI is InChI=1S/C20H20N4O2S2/c1-3-8-16(25)23-14-10-6-5-9-13(14)17-18(26)21-20(27-4-2)22-24(17)19(23)15-11-7-12-28-15/h5-7,9-12,19H,3-4,8H2,1-2H3/p+1. The number of nitrogens with one attached hydrogen (secondary N) is 1. The fourth-order valence-corrected chi connectivity index (χ4v) is 4.86. The Hall–Kier alpha value is -2.45. The van der Waals surface area contributed by atoms with Gasteiger partial charge in [-0.15, -0.1) is 11.3 Å². The number of hydrogen-bond donors (Lipinski definition) is 1. The smallest absolute Gasteiger partial charge is 0.291 e. The molecular formula is C20H21N4O2S2+. The molecule has 1 aliphatic heterocycles. The van der Waals surface area contributed by atoms with Crippen molar-refractivity contribution < 1.29 is 9.48 Å². The molecule has 2 aromatic heterocycles. The van der Waals surface area contributed by atoms with Crippen LogP contribution >= 0.6 is 23.1 Å². The number of benzene rings is 1. The maximum atomic E-state index is 13.2. The lowest BCUT2D eigenvalue weighted by atomic mass is 10.0. The topological polar surface area (TPSA) is 69.9 Å². The van der Waals surface area contributed by atoms with Gasteiger partial charge in [0.1, 0.15) is 0 Å². The lowest BCUT2D eigenvalue weighted by Crippen LogP contribution is -2.60. The SMILES string of the molecule is CCCC(=O)N1c2ccccc2-c2c(=O)[nH]c(SCC)n[n+]2C1c1cccs1. The normalized spacial score (nSPS) is 15.2. The van der Waals surface area contributed by atoms with Gasteiger partial charge in [-0.25, -0.2) is 4.90 Å². The minimum absolute atomic E-state index is 0.0262. The molecule has 0 saturated heterocycles. The van der Waals surface area contributed by atoms with Crippen molar-refractivity contribution in [3.8, 4) is 11.3 Å². The van der Waals surface area contributed by atoms with Gasteiger partial charge in [-0.3, -0.25) is 14.6 Å². The van der Waals surface area contributed by atoms with Crippen LogP contribution in [-0.4, -0.2) is 21.7 Å². The van der Waals surface area contributed by atoms with Crippen molar-refractivity contribution in [1.82, 2.24) is 10.1 Å². The molecule has 1 aliphatic rings. The third-order valence-corrected chi connectivity index (χ3v) is 6.23. The van der Waals surface area contributed by atoms with Crippen LogP contribution in [0.3, 0.4) is 0 Å². The van der Waals surface area contributed by atoms with Gasteiger partial charge in [0, 0.05) is 11.5 Å². The number of aromatic nitrogens is 3. The fraction of sp³-hybridized carbons (Fsp3) is 0.300. The summed E-state index contributed by atoms with van der Waals surface area (Å²) < 4.78 is 1.72. The Balaban J connectivity index is 2.03. The van der Waals surface area contributed by atoms with Crippen LogP contribution in [0.2, 0.25) is 0 Å². The van der Waals surface area contributed by atoms with Crippen LogP contribution in [0.5, 0.6) is 0 Å². The van der Waals surface area contributed by atoms with E-state index in [2.05, 4.69) is 4.98 Å². The van der Waals surface area contributed by atoms with Crippen molar-refractivity contribution in [2.45, 2.75) is 38.0 Å². The summed E-state index contributed by atoms with van der Waals surface area (Å²) in [5.74, 6) is 0.819. The van der Waals surface area contributed by atoms with Gasteiger partial charge in [0.15, 0.2) is 0 Å². The van der Waals surface area contributed by atoms with Crippen LogP contribution in [0.15, 0.2) is 51.7 Å². The van der Waals surface area contributed by atoms with Crippen LogP contribution in [0.25, 0.3) is 11.3 Å². The quantitative estimate of drug-likeness (QED) is 0.513. The molecule has 0 bridgehead atoms. The summed E-state index contributed by atoms with van der Waals surface area (Å²) in [6, 6.07) is 11.5. The molecule has 3 heterocycles. The average Bonchev–Trinajstić information content (AvgIpc) is 3.21. The molecule has 4 rings (SSSR count). The Morgan fingerprint density at radius 2 is 2.11 bits per heavy atom. The Morgan fingerprint density at radius 3 is 2.82 bits per heavy atom. The van der Waals surface area contributed by atoms with Gasteiger partial charge in [-0.2, -0.15) is 0 Å². The number of anilines is 1. The predicted octanol–water partition coefficient (Wildman–Crippen LogP) is 3.59. The van der Waals surface area contributed by atoms with E-state index in [1.54, 1.807) is 20.9 Å². The van der Waals surface area contributed by atoms with Gasteiger partial charge < -0.3 is 0 Å². The first-order valence-corrected chi connectivity index (χ1v) is 11.2.